The van der Waals surface area contributed by atoms with Crippen LogP contribution >= 0.6 is 0 Å². The predicted molar refractivity (Wildman–Crippen MR) is 126 cm³/mol. The fourth-order valence-corrected chi connectivity index (χ4v) is 5.98. The van der Waals surface area contributed by atoms with E-state index in [1.807, 2.05) is 25.1 Å². The highest BCUT2D eigenvalue weighted by molar-refractivity contribution is 5.91. The molecule has 3 atom stereocenters. The van der Waals surface area contributed by atoms with Crippen molar-refractivity contribution in [2.75, 3.05) is 32.6 Å². The van der Waals surface area contributed by atoms with Gasteiger partial charge < -0.3 is 14.2 Å². The number of hydrogen-bond acceptors (Lipinski definition) is 8. The number of carbonyl (C=O) groups excluding carboxylic acids is 1. The maximum atomic E-state index is 13.0. The van der Waals surface area contributed by atoms with E-state index in [1.165, 1.54) is 6.42 Å². The van der Waals surface area contributed by atoms with Gasteiger partial charge in [0.05, 0.1) is 5.41 Å². The van der Waals surface area contributed by atoms with Crippen LogP contribution in [0.4, 0.5) is 5.82 Å². The molecule has 1 saturated heterocycles. The number of aromatic nitrogens is 3. The van der Waals surface area contributed by atoms with Gasteiger partial charge in [-0.25, -0.2) is 4.98 Å². The number of fused-ring (bicyclic) bond motifs is 2. The van der Waals surface area contributed by atoms with Gasteiger partial charge in [0.25, 0.3) is 0 Å². The molecule has 0 radical (unpaired) electrons. The first-order chi connectivity index (χ1) is 15.9. The third-order valence-corrected chi connectivity index (χ3v) is 7.83. The number of ether oxygens (including phenoxy) is 1. The number of ketones is 1. The van der Waals surface area contributed by atoms with Crippen LogP contribution in [0.3, 0.4) is 0 Å². The van der Waals surface area contributed by atoms with E-state index in [9.17, 15) is 4.79 Å². The SMILES string of the molecule is C[C@H](Oc1cc(N(C)C)nc(-c2noc3c2CCC[C@@]32CCCCC2=O)n1)[C@@H]1CCCN1C. The highest BCUT2D eigenvalue weighted by atomic mass is 16.5. The van der Waals surface area contributed by atoms with Gasteiger partial charge in [-0.3, -0.25) is 9.69 Å². The molecule has 1 spiro atoms. The number of rotatable bonds is 5. The first kappa shape index (κ1) is 22.3. The number of likely N-dealkylation sites (tertiary alicyclic amines) is 1. The van der Waals surface area contributed by atoms with Crippen LogP contribution in [0.2, 0.25) is 0 Å². The zero-order valence-electron chi connectivity index (χ0n) is 20.3. The molecule has 33 heavy (non-hydrogen) atoms. The Labute approximate surface area is 195 Å². The van der Waals surface area contributed by atoms with Crippen molar-refractivity contribution >= 4 is 11.6 Å². The zero-order chi connectivity index (χ0) is 23.2. The average molecular weight is 454 g/mol. The van der Waals surface area contributed by atoms with Crippen molar-refractivity contribution in [3.63, 3.8) is 0 Å². The Hall–Kier alpha value is -2.48. The molecule has 0 amide bonds. The Balaban J connectivity index is 1.51. The number of anilines is 1. The molecular formula is C25H35N5O3. The molecule has 2 aromatic heterocycles. The van der Waals surface area contributed by atoms with Crippen LogP contribution in [0.25, 0.3) is 11.5 Å². The molecule has 2 aromatic rings. The van der Waals surface area contributed by atoms with E-state index in [2.05, 4.69) is 24.0 Å². The minimum Gasteiger partial charge on any atom is -0.473 e. The van der Waals surface area contributed by atoms with Gasteiger partial charge in [0, 0.05) is 38.2 Å². The van der Waals surface area contributed by atoms with E-state index in [4.69, 9.17) is 19.2 Å². The fourth-order valence-electron chi connectivity index (χ4n) is 5.98. The Morgan fingerprint density at radius 2 is 2.00 bits per heavy atom. The predicted octanol–water partition coefficient (Wildman–Crippen LogP) is 3.78. The number of carbonyl (C=O) groups is 1. The van der Waals surface area contributed by atoms with Crippen molar-refractivity contribution in [2.24, 2.45) is 0 Å². The minimum atomic E-state index is -0.503. The van der Waals surface area contributed by atoms with E-state index in [1.54, 1.807) is 0 Å². The van der Waals surface area contributed by atoms with Crippen molar-refractivity contribution in [1.82, 2.24) is 20.0 Å². The lowest BCUT2D eigenvalue weighted by Crippen LogP contribution is -2.41. The topological polar surface area (TPSA) is 84.6 Å². The summed E-state index contributed by atoms with van der Waals surface area (Å²) in [5.41, 5.74) is 1.15. The molecule has 0 unspecified atom stereocenters. The second-order valence-electron chi connectivity index (χ2n) is 10.2. The summed E-state index contributed by atoms with van der Waals surface area (Å²) in [6.07, 6.45) is 8.49. The van der Waals surface area contributed by atoms with E-state index in [0.717, 1.165) is 68.6 Å². The van der Waals surface area contributed by atoms with E-state index in [0.29, 0.717) is 35.6 Å². The molecule has 3 heterocycles. The highest BCUT2D eigenvalue weighted by Gasteiger charge is 2.48. The van der Waals surface area contributed by atoms with Crippen molar-refractivity contribution in [3.8, 4) is 17.4 Å². The highest BCUT2D eigenvalue weighted by Crippen LogP contribution is 2.47. The maximum absolute atomic E-state index is 13.0. The molecule has 1 saturated carbocycles. The summed E-state index contributed by atoms with van der Waals surface area (Å²) < 4.78 is 12.2. The summed E-state index contributed by atoms with van der Waals surface area (Å²) in [7, 11) is 6.06. The van der Waals surface area contributed by atoms with Crippen molar-refractivity contribution in [2.45, 2.75) is 82.3 Å². The molecule has 0 aromatic carbocycles. The van der Waals surface area contributed by atoms with Gasteiger partial charge in [-0.1, -0.05) is 11.6 Å². The molecule has 0 bridgehead atoms. The first-order valence-electron chi connectivity index (χ1n) is 12.3. The van der Waals surface area contributed by atoms with Crippen LogP contribution in [0.15, 0.2) is 10.6 Å². The maximum Gasteiger partial charge on any atom is 0.219 e. The monoisotopic (exact) mass is 453 g/mol. The van der Waals surface area contributed by atoms with Crippen molar-refractivity contribution in [1.29, 1.82) is 0 Å². The number of nitrogens with zero attached hydrogens (tertiary/aromatic N) is 5. The van der Waals surface area contributed by atoms with Gasteiger partial charge in [0.1, 0.15) is 17.7 Å². The Bertz CT molecular complexity index is 1040. The quantitative estimate of drug-likeness (QED) is 0.676. The lowest BCUT2D eigenvalue weighted by Gasteiger charge is -2.36. The number of likely N-dealkylation sites (N-methyl/N-ethyl adjacent to an activating group) is 1. The molecule has 1 aliphatic heterocycles. The normalized spacial score (nSPS) is 26.4. The lowest BCUT2D eigenvalue weighted by molar-refractivity contribution is -0.128. The molecule has 8 nitrogen and oxygen atoms in total. The largest absolute Gasteiger partial charge is 0.473 e. The van der Waals surface area contributed by atoms with Crippen LogP contribution in [-0.2, 0) is 16.6 Å². The number of Topliss-reactive ketones (excluding diaryl/α,β-unsaturated/α-hetero) is 1. The van der Waals surface area contributed by atoms with Gasteiger partial charge in [-0.05, 0) is 65.5 Å². The van der Waals surface area contributed by atoms with Crippen LogP contribution in [0.5, 0.6) is 5.88 Å². The van der Waals surface area contributed by atoms with Crippen LogP contribution < -0.4 is 9.64 Å². The summed E-state index contributed by atoms with van der Waals surface area (Å²) in [6, 6.07) is 2.26. The van der Waals surface area contributed by atoms with Gasteiger partial charge in [0.2, 0.25) is 5.88 Å². The van der Waals surface area contributed by atoms with E-state index < -0.39 is 5.41 Å². The zero-order valence-corrected chi connectivity index (χ0v) is 20.3. The van der Waals surface area contributed by atoms with Crippen LogP contribution in [0, 0.1) is 0 Å². The summed E-state index contributed by atoms with van der Waals surface area (Å²) in [4.78, 5) is 26.8. The van der Waals surface area contributed by atoms with Crippen LogP contribution in [0.1, 0.15) is 69.6 Å². The molecule has 178 valence electrons. The first-order valence-corrected chi connectivity index (χ1v) is 12.3. The third-order valence-electron chi connectivity index (χ3n) is 7.83. The minimum absolute atomic E-state index is 0.0182. The van der Waals surface area contributed by atoms with Gasteiger partial charge in [0.15, 0.2) is 17.3 Å². The fraction of sp³-hybridized carbons (Fsp3) is 0.680. The molecule has 2 fully saturated rings. The summed E-state index contributed by atoms with van der Waals surface area (Å²) >= 11 is 0. The molecule has 5 rings (SSSR count). The van der Waals surface area contributed by atoms with Gasteiger partial charge in [-0.15, -0.1) is 0 Å². The molecule has 0 N–H and O–H groups in total. The molecule has 3 aliphatic rings. The van der Waals surface area contributed by atoms with Crippen LogP contribution in [-0.4, -0.2) is 65.6 Å². The molecule has 8 heteroatoms. The average Bonchev–Trinajstić information content (AvgIpc) is 3.42. The van der Waals surface area contributed by atoms with Crippen molar-refractivity contribution < 1.29 is 14.1 Å². The smallest absolute Gasteiger partial charge is 0.219 e. The summed E-state index contributed by atoms with van der Waals surface area (Å²) in [6.45, 7) is 3.21. The summed E-state index contributed by atoms with van der Waals surface area (Å²) in [5.74, 6) is 2.88. The van der Waals surface area contributed by atoms with E-state index in [-0.39, 0.29) is 6.10 Å². The second kappa shape index (κ2) is 8.70. The summed E-state index contributed by atoms with van der Waals surface area (Å²) in [5, 5.41) is 4.43. The molecular weight excluding hydrogens is 418 g/mol. The van der Waals surface area contributed by atoms with E-state index >= 15 is 0 Å². The second-order valence-corrected chi connectivity index (χ2v) is 10.2. The Kier molecular flexibility index (Phi) is 5.89. The molecule has 2 aliphatic carbocycles. The lowest BCUT2D eigenvalue weighted by atomic mass is 9.64. The third kappa shape index (κ3) is 3.92. The Morgan fingerprint density at radius 3 is 2.73 bits per heavy atom. The standard InChI is InChI=1S/C25H35N5O3/c1-16(18-10-8-14-30(18)4)32-21-15-20(29(2)3)26-24(27-21)22-17-9-7-13-25(23(17)33-28-22)12-6-5-11-19(25)31/h15-16,18H,5-14H2,1-4H3/t16-,18-,25+/m0/s1. The van der Waals surface area contributed by atoms with Crippen molar-refractivity contribution in [3.05, 3.63) is 17.4 Å². The van der Waals surface area contributed by atoms with Gasteiger partial charge in [-0.2, -0.15) is 4.98 Å². The Morgan fingerprint density at radius 1 is 1.18 bits per heavy atom. The number of hydrogen-bond donors (Lipinski definition) is 0. The van der Waals surface area contributed by atoms with Gasteiger partial charge >= 0.3 is 0 Å².